The van der Waals surface area contributed by atoms with Gasteiger partial charge in [-0.15, -0.1) is 0 Å². The molecule has 0 aliphatic heterocycles. The lowest BCUT2D eigenvalue weighted by atomic mass is 10.1. The molecule has 2 aromatic carbocycles. The minimum absolute atomic E-state index is 0.121. The van der Waals surface area contributed by atoms with Crippen molar-refractivity contribution in [2.45, 2.75) is 6.92 Å². The topological polar surface area (TPSA) is 38.3 Å². The molecule has 0 fully saturated rings. The number of allylic oxidation sites excluding steroid dienone is 1. The summed E-state index contributed by atoms with van der Waals surface area (Å²) in [5, 5.41) is 2.94. The number of ether oxygens (including phenoxy) is 1. The van der Waals surface area contributed by atoms with E-state index in [1.54, 1.807) is 56.6 Å². The number of nitrogens with one attached hydrogen (secondary N) is 1. The molecule has 108 valence electrons. The van der Waals surface area contributed by atoms with E-state index in [1.807, 2.05) is 0 Å². The molecule has 0 aliphatic rings. The molecular formula is C17H16FNO2. The Labute approximate surface area is 123 Å². The third-order valence-electron chi connectivity index (χ3n) is 3.02. The van der Waals surface area contributed by atoms with Crippen LogP contribution in [0.25, 0.3) is 0 Å². The zero-order valence-corrected chi connectivity index (χ0v) is 11.9. The first kappa shape index (κ1) is 14.8. The first-order valence-electron chi connectivity index (χ1n) is 6.48. The first-order valence-corrected chi connectivity index (χ1v) is 6.48. The van der Waals surface area contributed by atoms with Gasteiger partial charge in [0.2, 0.25) is 0 Å². The second-order valence-corrected chi connectivity index (χ2v) is 4.53. The highest BCUT2D eigenvalue weighted by molar-refractivity contribution is 6.04. The number of rotatable bonds is 5. The van der Waals surface area contributed by atoms with E-state index in [4.69, 9.17) is 4.74 Å². The van der Waals surface area contributed by atoms with Crippen molar-refractivity contribution in [2.24, 2.45) is 0 Å². The van der Waals surface area contributed by atoms with Crippen LogP contribution >= 0.6 is 0 Å². The molecule has 0 saturated heterocycles. The second kappa shape index (κ2) is 6.70. The molecule has 4 heteroatoms. The quantitative estimate of drug-likeness (QED) is 0.667. The Kier molecular flexibility index (Phi) is 4.72. The predicted octanol–water partition coefficient (Wildman–Crippen LogP) is 3.95. The van der Waals surface area contributed by atoms with E-state index in [0.29, 0.717) is 16.9 Å². The van der Waals surface area contributed by atoms with Crippen molar-refractivity contribution >= 4 is 11.5 Å². The largest absolute Gasteiger partial charge is 0.497 e. The number of aryl methyl sites for hydroxylation is 1. The van der Waals surface area contributed by atoms with Gasteiger partial charge >= 0.3 is 0 Å². The van der Waals surface area contributed by atoms with Gasteiger partial charge in [-0.25, -0.2) is 4.39 Å². The molecule has 0 saturated carbocycles. The number of carbonyl (C=O) groups excluding carboxylic acids is 1. The van der Waals surface area contributed by atoms with Gasteiger partial charge in [-0.3, -0.25) is 4.79 Å². The summed E-state index contributed by atoms with van der Waals surface area (Å²) in [5.41, 5.74) is 1.85. The van der Waals surface area contributed by atoms with Gasteiger partial charge in [0.15, 0.2) is 5.78 Å². The Morgan fingerprint density at radius 2 is 1.90 bits per heavy atom. The normalized spacial score (nSPS) is 10.6. The molecule has 0 atom stereocenters. The van der Waals surface area contributed by atoms with Crippen molar-refractivity contribution in [1.29, 1.82) is 0 Å². The van der Waals surface area contributed by atoms with E-state index in [2.05, 4.69) is 5.32 Å². The Morgan fingerprint density at radius 3 is 2.52 bits per heavy atom. The average Bonchev–Trinajstić information content (AvgIpc) is 2.51. The summed E-state index contributed by atoms with van der Waals surface area (Å²) in [6.07, 6.45) is 2.97. The summed E-state index contributed by atoms with van der Waals surface area (Å²) in [4.78, 5) is 11.9. The van der Waals surface area contributed by atoms with Crippen LogP contribution in [0, 0.1) is 12.7 Å². The highest BCUT2D eigenvalue weighted by atomic mass is 19.1. The van der Waals surface area contributed by atoms with Crippen LogP contribution in [0.3, 0.4) is 0 Å². The van der Waals surface area contributed by atoms with Crippen LogP contribution in [0.5, 0.6) is 5.75 Å². The molecule has 0 aromatic heterocycles. The lowest BCUT2D eigenvalue weighted by Crippen LogP contribution is -1.97. The van der Waals surface area contributed by atoms with Crippen molar-refractivity contribution in [3.05, 3.63) is 71.7 Å². The Morgan fingerprint density at radius 1 is 1.19 bits per heavy atom. The van der Waals surface area contributed by atoms with Crippen LogP contribution < -0.4 is 10.1 Å². The minimum Gasteiger partial charge on any atom is -0.497 e. The van der Waals surface area contributed by atoms with Crippen molar-refractivity contribution in [3.8, 4) is 5.75 Å². The highest BCUT2D eigenvalue weighted by Gasteiger charge is 2.02. The summed E-state index contributed by atoms with van der Waals surface area (Å²) >= 11 is 0. The molecule has 1 N–H and O–H groups in total. The number of anilines is 1. The van der Waals surface area contributed by atoms with E-state index in [9.17, 15) is 9.18 Å². The molecular weight excluding hydrogens is 269 g/mol. The maximum atomic E-state index is 13.1. The van der Waals surface area contributed by atoms with Gasteiger partial charge in [0.1, 0.15) is 11.6 Å². The fourth-order valence-corrected chi connectivity index (χ4v) is 1.80. The summed E-state index contributed by atoms with van der Waals surface area (Å²) in [7, 11) is 1.57. The Bertz CT molecular complexity index is 663. The predicted molar refractivity (Wildman–Crippen MR) is 81.2 cm³/mol. The lowest BCUT2D eigenvalue weighted by Gasteiger charge is -2.03. The van der Waals surface area contributed by atoms with Gasteiger partial charge in [-0.1, -0.05) is 0 Å². The lowest BCUT2D eigenvalue weighted by molar-refractivity contribution is 0.104. The first-order chi connectivity index (χ1) is 10.1. The van der Waals surface area contributed by atoms with Crippen molar-refractivity contribution in [2.75, 3.05) is 12.4 Å². The number of methoxy groups -OCH3 is 1. The summed E-state index contributed by atoms with van der Waals surface area (Å²) in [6, 6.07) is 11.6. The van der Waals surface area contributed by atoms with Crippen LogP contribution in [-0.4, -0.2) is 12.9 Å². The molecule has 0 unspecified atom stereocenters. The zero-order valence-electron chi connectivity index (χ0n) is 11.9. The van der Waals surface area contributed by atoms with Crippen LogP contribution in [-0.2, 0) is 0 Å². The van der Waals surface area contributed by atoms with Crippen molar-refractivity contribution in [3.63, 3.8) is 0 Å². The van der Waals surface area contributed by atoms with Crippen molar-refractivity contribution < 1.29 is 13.9 Å². The standard InChI is InChI=1S/C17H16FNO2/c1-12-11-14(5-8-16(12)18)19-10-9-17(20)13-3-6-15(21-2)7-4-13/h3-11,19H,1-2H3. The molecule has 2 aromatic rings. The van der Waals surface area contributed by atoms with Gasteiger partial charge in [0, 0.05) is 23.5 Å². The molecule has 0 heterocycles. The van der Waals surface area contributed by atoms with E-state index >= 15 is 0 Å². The van der Waals surface area contributed by atoms with E-state index in [1.165, 1.54) is 12.1 Å². The van der Waals surface area contributed by atoms with Gasteiger partial charge in [-0.05, 0) is 55.0 Å². The highest BCUT2D eigenvalue weighted by Crippen LogP contribution is 2.14. The second-order valence-electron chi connectivity index (χ2n) is 4.53. The van der Waals surface area contributed by atoms with Crippen LogP contribution in [0.1, 0.15) is 15.9 Å². The molecule has 2 rings (SSSR count). The van der Waals surface area contributed by atoms with Gasteiger partial charge in [-0.2, -0.15) is 0 Å². The molecule has 3 nitrogen and oxygen atoms in total. The Hall–Kier alpha value is -2.62. The fourth-order valence-electron chi connectivity index (χ4n) is 1.80. The third kappa shape index (κ3) is 3.92. The molecule has 0 amide bonds. The molecule has 21 heavy (non-hydrogen) atoms. The van der Waals surface area contributed by atoms with Crippen molar-refractivity contribution in [1.82, 2.24) is 0 Å². The fraction of sp³-hybridized carbons (Fsp3) is 0.118. The van der Waals surface area contributed by atoms with Crippen LogP contribution in [0.15, 0.2) is 54.7 Å². The van der Waals surface area contributed by atoms with Gasteiger partial charge in [0.25, 0.3) is 0 Å². The van der Waals surface area contributed by atoms with Gasteiger partial charge in [0.05, 0.1) is 7.11 Å². The minimum atomic E-state index is -0.251. The molecule has 0 aliphatic carbocycles. The monoisotopic (exact) mass is 285 g/mol. The summed E-state index contributed by atoms with van der Waals surface area (Å²) in [6.45, 7) is 1.69. The number of carbonyl (C=O) groups is 1. The van der Waals surface area contributed by atoms with Gasteiger partial charge < -0.3 is 10.1 Å². The van der Waals surface area contributed by atoms with E-state index in [-0.39, 0.29) is 11.6 Å². The summed E-state index contributed by atoms with van der Waals surface area (Å²) < 4.78 is 18.2. The smallest absolute Gasteiger partial charge is 0.187 e. The number of hydrogen-bond acceptors (Lipinski definition) is 3. The maximum Gasteiger partial charge on any atom is 0.187 e. The third-order valence-corrected chi connectivity index (χ3v) is 3.02. The SMILES string of the molecule is COc1ccc(C(=O)C=CNc2ccc(F)c(C)c2)cc1. The maximum absolute atomic E-state index is 13.1. The molecule has 0 spiro atoms. The van der Waals surface area contributed by atoms with E-state index < -0.39 is 0 Å². The van der Waals surface area contributed by atoms with Crippen LogP contribution in [0.4, 0.5) is 10.1 Å². The summed E-state index contributed by atoms with van der Waals surface area (Å²) in [5.74, 6) is 0.332. The molecule has 0 radical (unpaired) electrons. The number of hydrogen-bond donors (Lipinski definition) is 1. The van der Waals surface area contributed by atoms with E-state index in [0.717, 1.165) is 5.69 Å². The molecule has 0 bridgehead atoms. The average molecular weight is 285 g/mol. The zero-order chi connectivity index (χ0) is 15.2. The number of ketones is 1. The van der Waals surface area contributed by atoms with Crippen LogP contribution in [0.2, 0.25) is 0 Å². The Balaban J connectivity index is 1.99. The number of halogens is 1. The number of benzene rings is 2.